The fraction of sp³-hybridized carbons (Fsp3) is 0.0667. The molecule has 2 aromatic carbocycles. The van der Waals surface area contributed by atoms with Crippen LogP contribution in [0.2, 0.25) is 5.02 Å². The molecule has 0 unspecified atom stereocenters. The zero-order valence-corrected chi connectivity index (χ0v) is 10.4. The van der Waals surface area contributed by atoms with Crippen molar-refractivity contribution < 1.29 is 13.2 Å². The predicted octanol–water partition coefficient (Wildman–Crippen LogP) is 5.01. The first-order chi connectivity index (χ1) is 8.90. The molecule has 0 amide bonds. The Hall–Kier alpha value is -1.92. The Morgan fingerprint density at radius 1 is 0.947 bits per heavy atom. The van der Waals surface area contributed by atoms with Crippen LogP contribution in [0.15, 0.2) is 42.5 Å². The van der Waals surface area contributed by atoms with Crippen LogP contribution in [0, 0.1) is 12.3 Å². The molecule has 4 heteroatoms. The molecule has 0 aromatic heterocycles. The second-order valence-corrected chi connectivity index (χ2v) is 4.38. The van der Waals surface area contributed by atoms with Gasteiger partial charge in [0.1, 0.15) is 0 Å². The first kappa shape index (κ1) is 13.5. The summed E-state index contributed by atoms with van der Waals surface area (Å²) in [5, 5.41) is 0.521. The lowest BCUT2D eigenvalue weighted by molar-refractivity contribution is -0.137. The van der Waals surface area contributed by atoms with Gasteiger partial charge in [0.2, 0.25) is 0 Å². The third kappa shape index (κ3) is 3.10. The fourth-order valence-corrected chi connectivity index (χ4v) is 1.81. The van der Waals surface area contributed by atoms with Crippen molar-refractivity contribution in [1.29, 1.82) is 0 Å². The lowest BCUT2D eigenvalue weighted by Gasteiger charge is -2.10. The molecular weight excluding hydrogens is 273 g/mol. The van der Waals surface area contributed by atoms with E-state index in [1.165, 1.54) is 0 Å². The van der Waals surface area contributed by atoms with E-state index in [4.69, 9.17) is 18.0 Å². The molecule has 0 nitrogen and oxygen atoms in total. The summed E-state index contributed by atoms with van der Waals surface area (Å²) in [4.78, 5) is 0. The molecule has 2 aromatic rings. The number of alkyl halides is 3. The first-order valence-corrected chi connectivity index (χ1v) is 5.73. The number of terminal acetylenes is 1. The van der Waals surface area contributed by atoms with Crippen molar-refractivity contribution in [2.24, 2.45) is 0 Å². The van der Waals surface area contributed by atoms with E-state index in [2.05, 4.69) is 5.92 Å². The molecule has 0 aliphatic carbocycles. The van der Waals surface area contributed by atoms with Gasteiger partial charge in [-0.2, -0.15) is 13.2 Å². The van der Waals surface area contributed by atoms with Crippen LogP contribution in [0.25, 0.3) is 11.1 Å². The molecule has 0 fully saturated rings. The van der Waals surface area contributed by atoms with Crippen molar-refractivity contribution in [3.05, 3.63) is 58.6 Å². The van der Waals surface area contributed by atoms with Gasteiger partial charge in [-0.25, -0.2) is 0 Å². The Labute approximate surface area is 113 Å². The molecule has 0 aliphatic rings. The number of halogens is 4. The highest BCUT2D eigenvalue weighted by Crippen LogP contribution is 2.33. The topological polar surface area (TPSA) is 0 Å². The van der Waals surface area contributed by atoms with Gasteiger partial charge in [-0.05, 0) is 41.5 Å². The molecule has 0 radical (unpaired) electrons. The van der Waals surface area contributed by atoms with E-state index in [0.717, 1.165) is 12.1 Å². The molecule has 0 N–H and O–H groups in total. The molecule has 2 rings (SSSR count). The molecule has 0 atom stereocenters. The third-order valence-electron chi connectivity index (χ3n) is 2.60. The third-order valence-corrected chi connectivity index (χ3v) is 2.86. The molecular formula is C15H8ClF3. The second kappa shape index (κ2) is 4.99. The van der Waals surface area contributed by atoms with Crippen molar-refractivity contribution >= 4 is 11.6 Å². The van der Waals surface area contributed by atoms with Crippen molar-refractivity contribution in [2.45, 2.75) is 6.18 Å². The molecule has 0 heterocycles. The molecule has 96 valence electrons. The van der Waals surface area contributed by atoms with E-state index in [1.807, 2.05) is 0 Å². The Balaban J connectivity index is 2.58. The normalized spacial score (nSPS) is 11.1. The van der Waals surface area contributed by atoms with Crippen LogP contribution >= 0.6 is 11.6 Å². The van der Waals surface area contributed by atoms with Crippen LogP contribution in [0.4, 0.5) is 13.2 Å². The Kier molecular flexibility index (Phi) is 3.55. The van der Waals surface area contributed by atoms with Crippen LogP contribution in [0.1, 0.15) is 11.1 Å². The van der Waals surface area contributed by atoms with Gasteiger partial charge in [0.05, 0.1) is 5.56 Å². The van der Waals surface area contributed by atoms with Gasteiger partial charge < -0.3 is 0 Å². The molecule has 0 saturated heterocycles. The van der Waals surface area contributed by atoms with Crippen LogP contribution in [-0.4, -0.2) is 0 Å². The molecule has 19 heavy (non-hydrogen) atoms. The van der Waals surface area contributed by atoms with E-state index < -0.39 is 11.7 Å². The van der Waals surface area contributed by atoms with Gasteiger partial charge in [-0.1, -0.05) is 29.7 Å². The summed E-state index contributed by atoms with van der Waals surface area (Å²) < 4.78 is 38.3. The summed E-state index contributed by atoms with van der Waals surface area (Å²) in [5.74, 6) is 2.23. The maximum Gasteiger partial charge on any atom is 0.416 e. The highest BCUT2D eigenvalue weighted by atomic mass is 35.5. The molecule has 0 aliphatic heterocycles. The van der Waals surface area contributed by atoms with Crippen LogP contribution in [-0.2, 0) is 6.18 Å². The van der Waals surface area contributed by atoms with E-state index in [0.29, 0.717) is 16.1 Å². The van der Waals surface area contributed by atoms with E-state index in [9.17, 15) is 13.2 Å². The van der Waals surface area contributed by atoms with Crippen LogP contribution in [0.5, 0.6) is 0 Å². The van der Waals surface area contributed by atoms with Crippen molar-refractivity contribution in [3.63, 3.8) is 0 Å². The van der Waals surface area contributed by atoms with Gasteiger partial charge in [0.25, 0.3) is 0 Å². The SMILES string of the molecule is C#Cc1cc(-c2ccc(Cl)cc2)cc(C(F)(F)F)c1. The fourth-order valence-electron chi connectivity index (χ4n) is 1.68. The van der Waals surface area contributed by atoms with Crippen molar-refractivity contribution in [3.8, 4) is 23.5 Å². The minimum Gasteiger partial charge on any atom is -0.166 e. The first-order valence-electron chi connectivity index (χ1n) is 5.35. The minimum absolute atomic E-state index is 0.194. The summed E-state index contributed by atoms with van der Waals surface area (Å²) >= 11 is 5.75. The highest BCUT2D eigenvalue weighted by Gasteiger charge is 2.31. The standard InChI is InChI=1S/C15H8ClF3/c1-2-10-7-12(9-13(8-10)15(17,18)19)11-3-5-14(16)6-4-11/h1,3-9H. The Bertz CT molecular complexity index is 634. The lowest BCUT2D eigenvalue weighted by atomic mass is 10.00. The average Bonchev–Trinajstić information content (AvgIpc) is 2.38. The van der Waals surface area contributed by atoms with Gasteiger partial charge in [-0.15, -0.1) is 6.42 Å². The van der Waals surface area contributed by atoms with E-state index in [-0.39, 0.29) is 5.56 Å². The highest BCUT2D eigenvalue weighted by molar-refractivity contribution is 6.30. The quantitative estimate of drug-likeness (QED) is 0.644. The summed E-state index contributed by atoms with van der Waals surface area (Å²) in [6.45, 7) is 0. The summed E-state index contributed by atoms with van der Waals surface area (Å²) in [5.41, 5.74) is 0.485. The molecule has 0 bridgehead atoms. The van der Waals surface area contributed by atoms with Gasteiger partial charge in [0, 0.05) is 10.6 Å². The largest absolute Gasteiger partial charge is 0.416 e. The summed E-state index contributed by atoms with van der Waals surface area (Å²) in [6.07, 6.45) is 0.772. The van der Waals surface area contributed by atoms with Crippen molar-refractivity contribution in [1.82, 2.24) is 0 Å². The molecule has 0 spiro atoms. The predicted molar refractivity (Wildman–Crippen MR) is 69.8 cm³/mol. The van der Waals surface area contributed by atoms with Gasteiger partial charge in [0.15, 0.2) is 0 Å². The van der Waals surface area contributed by atoms with Gasteiger partial charge in [-0.3, -0.25) is 0 Å². The second-order valence-electron chi connectivity index (χ2n) is 3.95. The maximum atomic E-state index is 12.8. The van der Waals surface area contributed by atoms with E-state index in [1.54, 1.807) is 30.3 Å². The number of hydrogen-bond acceptors (Lipinski definition) is 0. The Morgan fingerprint density at radius 3 is 2.11 bits per heavy atom. The Morgan fingerprint density at radius 2 is 1.58 bits per heavy atom. The van der Waals surface area contributed by atoms with Gasteiger partial charge >= 0.3 is 6.18 Å². The van der Waals surface area contributed by atoms with Crippen LogP contribution < -0.4 is 0 Å². The lowest BCUT2D eigenvalue weighted by Crippen LogP contribution is -2.05. The zero-order valence-electron chi connectivity index (χ0n) is 9.63. The summed E-state index contributed by atoms with van der Waals surface area (Å²) in [7, 11) is 0. The summed E-state index contributed by atoms with van der Waals surface area (Å²) in [6, 6.07) is 10.1. The van der Waals surface area contributed by atoms with Crippen LogP contribution in [0.3, 0.4) is 0 Å². The molecule has 0 saturated carbocycles. The van der Waals surface area contributed by atoms with Crippen molar-refractivity contribution in [2.75, 3.05) is 0 Å². The number of rotatable bonds is 1. The number of benzene rings is 2. The monoisotopic (exact) mass is 280 g/mol. The number of hydrogen-bond donors (Lipinski definition) is 0. The average molecular weight is 281 g/mol. The smallest absolute Gasteiger partial charge is 0.166 e. The maximum absolute atomic E-state index is 12.8. The van der Waals surface area contributed by atoms with E-state index >= 15 is 0 Å². The minimum atomic E-state index is -4.42. The zero-order chi connectivity index (χ0) is 14.0.